The molecule has 0 bridgehead atoms. The number of rotatable bonds is 11. The lowest BCUT2D eigenvalue weighted by molar-refractivity contribution is -0.267. The summed E-state index contributed by atoms with van der Waals surface area (Å²) in [7, 11) is -4.01. The van der Waals surface area contributed by atoms with Gasteiger partial charge in [0.15, 0.2) is 0 Å². The van der Waals surface area contributed by atoms with Gasteiger partial charge in [-0.1, -0.05) is 70.0 Å². The molecule has 0 N–H and O–H groups in total. The average molecular weight is 378 g/mol. The molecule has 26 heavy (non-hydrogen) atoms. The summed E-state index contributed by atoms with van der Waals surface area (Å²) in [5.74, 6) is 0.971. The number of phosphoric acid groups is 1. The van der Waals surface area contributed by atoms with Gasteiger partial charge < -0.3 is 9.05 Å². The molecular formula is C20H27O5P. The monoisotopic (exact) mass is 378 g/mol. The average Bonchev–Trinajstić information content (AvgIpc) is 2.63. The molecule has 0 spiro atoms. The van der Waals surface area contributed by atoms with E-state index in [1.54, 1.807) is 48.5 Å². The van der Waals surface area contributed by atoms with Crippen LogP contribution in [0.25, 0.3) is 0 Å². The summed E-state index contributed by atoms with van der Waals surface area (Å²) in [5, 5.41) is 0. The van der Waals surface area contributed by atoms with E-state index in [0.717, 1.165) is 19.3 Å². The molecule has 0 saturated heterocycles. The topological polar surface area (TPSA) is 54.0 Å². The fraction of sp³-hybridized carbons (Fsp3) is 0.400. The largest absolute Gasteiger partial charge is 0.615 e. The van der Waals surface area contributed by atoms with Gasteiger partial charge in [-0.3, -0.25) is 0 Å². The molecule has 1 unspecified atom stereocenters. The summed E-state index contributed by atoms with van der Waals surface area (Å²) in [4.78, 5) is 5.50. The Balaban J connectivity index is 2.12. The molecular weight excluding hydrogens is 351 g/mol. The Labute approximate surface area is 155 Å². The van der Waals surface area contributed by atoms with E-state index in [9.17, 15) is 4.57 Å². The zero-order valence-corrected chi connectivity index (χ0v) is 16.4. The van der Waals surface area contributed by atoms with Gasteiger partial charge >= 0.3 is 7.82 Å². The molecule has 2 aromatic carbocycles. The van der Waals surface area contributed by atoms with Gasteiger partial charge in [-0.15, -0.1) is 4.67 Å². The summed E-state index contributed by atoms with van der Waals surface area (Å²) < 4.78 is 29.5. The van der Waals surface area contributed by atoms with Crippen LogP contribution in [-0.2, 0) is 14.1 Å². The van der Waals surface area contributed by atoms with Crippen molar-refractivity contribution in [2.45, 2.75) is 46.1 Å². The Morgan fingerprint density at radius 2 is 1.38 bits per heavy atom. The van der Waals surface area contributed by atoms with Crippen LogP contribution in [0.3, 0.4) is 0 Å². The summed E-state index contributed by atoms with van der Waals surface area (Å²) in [5.41, 5.74) is 0. The van der Waals surface area contributed by atoms with Gasteiger partial charge in [0, 0.05) is 0 Å². The molecule has 0 amide bonds. The molecule has 1 atom stereocenters. The molecule has 5 nitrogen and oxygen atoms in total. The number of unbranched alkanes of at least 4 members (excludes halogenated alkanes) is 1. The molecule has 0 heterocycles. The fourth-order valence-corrected chi connectivity index (χ4v) is 3.35. The van der Waals surface area contributed by atoms with Gasteiger partial charge in [0.05, 0.1) is 6.10 Å². The van der Waals surface area contributed by atoms with Crippen molar-refractivity contribution in [2.24, 2.45) is 5.92 Å². The van der Waals surface area contributed by atoms with Crippen molar-refractivity contribution >= 4 is 7.82 Å². The van der Waals surface area contributed by atoms with Crippen LogP contribution < -0.4 is 9.05 Å². The number of phosphoric ester groups is 1. The van der Waals surface area contributed by atoms with Crippen molar-refractivity contribution in [3.63, 3.8) is 0 Å². The Hall–Kier alpha value is -1.81. The van der Waals surface area contributed by atoms with E-state index in [1.165, 1.54) is 0 Å². The first-order valence-electron chi connectivity index (χ1n) is 8.97. The van der Waals surface area contributed by atoms with Gasteiger partial charge in [0.2, 0.25) is 0 Å². The van der Waals surface area contributed by atoms with E-state index in [1.807, 2.05) is 26.0 Å². The zero-order valence-electron chi connectivity index (χ0n) is 15.5. The lowest BCUT2D eigenvalue weighted by Gasteiger charge is -2.23. The van der Waals surface area contributed by atoms with Crippen LogP contribution in [0.2, 0.25) is 0 Å². The minimum atomic E-state index is -4.01. The van der Waals surface area contributed by atoms with Crippen molar-refractivity contribution in [1.82, 2.24) is 0 Å². The van der Waals surface area contributed by atoms with Crippen LogP contribution in [0.4, 0.5) is 0 Å². The second kappa shape index (κ2) is 10.4. The number of hydrogen-bond acceptors (Lipinski definition) is 5. The Kier molecular flexibility index (Phi) is 8.17. The lowest BCUT2D eigenvalue weighted by Crippen LogP contribution is -2.21. The summed E-state index contributed by atoms with van der Waals surface area (Å²) in [6.07, 6.45) is 2.66. The molecule has 6 heteroatoms. The molecule has 0 saturated carbocycles. The minimum absolute atomic E-state index is 0.193. The quantitative estimate of drug-likeness (QED) is 0.257. The van der Waals surface area contributed by atoms with Crippen molar-refractivity contribution in [3.05, 3.63) is 60.7 Å². The number of para-hydroxylation sites is 2. The highest BCUT2D eigenvalue weighted by Gasteiger charge is 2.34. The zero-order chi connectivity index (χ0) is 18.8. The maximum atomic E-state index is 13.2. The van der Waals surface area contributed by atoms with Crippen LogP contribution in [0.5, 0.6) is 11.5 Å². The van der Waals surface area contributed by atoms with E-state index in [2.05, 4.69) is 6.92 Å². The highest BCUT2D eigenvalue weighted by Crippen LogP contribution is 2.50. The first-order valence-corrected chi connectivity index (χ1v) is 10.4. The van der Waals surface area contributed by atoms with Crippen molar-refractivity contribution in [2.75, 3.05) is 0 Å². The Bertz CT molecular complexity index is 630. The van der Waals surface area contributed by atoms with Crippen molar-refractivity contribution < 1.29 is 23.2 Å². The summed E-state index contributed by atoms with van der Waals surface area (Å²) in [6, 6.07) is 17.5. The highest BCUT2D eigenvalue weighted by atomic mass is 31.2. The van der Waals surface area contributed by atoms with Gasteiger partial charge in [-0.2, -0.15) is 0 Å². The van der Waals surface area contributed by atoms with Gasteiger partial charge in [-0.25, -0.2) is 9.45 Å². The van der Waals surface area contributed by atoms with Crippen LogP contribution in [-0.4, -0.2) is 6.10 Å². The third-order valence-electron chi connectivity index (χ3n) is 3.76. The van der Waals surface area contributed by atoms with E-state index in [-0.39, 0.29) is 12.0 Å². The first-order chi connectivity index (χ1) is 12.5. The maximum Gasteiger partial charge on any atom is 0.615 e. The fourth-order valence-electron chi connectivity index (χ4n) is 2.28. The van der Waals surface area contributed by atoms with Gasteiger partial charge in [0.25, 0.3) is 0 Å². The molecule has 2 rings (SSSR count). The van der Waals surface area contributed by atoms with E-state index in [0.29, 0.717) is 11.5 Å². The highest BCUT2D eigenvalue weighted by molar-refractivity contribution is 7.49. The minimum Gasteiger partial charge on any atom is -0.394 e. The molecule has 0 aromatic heterocycles. The smallest absolute Gasteiger partial charge is 0.394 e. The second-order valence-electron chi connectivity index (χ2n) is 6.35. The predicted octanol–water partition coefficient (Wildman–Crippen LogP) is 6.42. The number of hydrogen-bond donors (Lipinski definition) is 0. The normalized spacial score (nSPS) is 12.8. The Morgan fingerprint density at radius 1 is 0.885 bits per heavy atom. The van der Waals surface area contributed by atoms with Crippen LogP contribution >= 0.6 is 7.82 Å². The first kappa shape index (κ1) is 20.5. The van der Waals surface area contributed by atoms with E-state index in [4.69, 9.17) is 18.6 Å². The standard InChI is InChI=1S/C20H27O5P/c1-4-5-16-20(17(2)3)22-25-26(21,23-18-12-8-6-9-13-18)24-19-14-10-7-11-15-19/h6-15,17,20H,4-5,16H2,1-3H3. The molecule has 142 valence electrons. The molecule has 0 fully saturated rings. The maximum absolute atomic E-state index is 13.2. The Morgan fingerprint density at radius 3 is 1.81 bits per heavy atom. The van der Waals surface area contributed by atoms with E-state index < -0.39 is 7.82 Å². The summed E-state index contributed by atoms with van der Waals surface area (Å²) in [6.45, 7) is 6.18. The summed E-state index contributed by atoms with van der Waals surface area (Å²) >= 11 is 0. The predicted molar refractivity (Wildman–Crippen MR) is 102 cm³/mol. The number of benzene rings is 2. The van der Waals surface area contributed by atoms with E-state index >= 15 is 0 Å². The third kappa shape index (κ3) is 6.83. The molecule has 2 aromatic rings. The van der Waals surface area contributed by atoms with Gasteiger partial charge in [0.1, 0.15) is 11.5 Å². The van der Waals surface area contributed by atoms with Crippen LogP contribution in [0, 0.1) is 5.92 Å². The van der Waals surface area contributed by atoms with Crippen LogP contribution in [0.1, 0.15) is 40.0 Å². The third-order valence-corrected chi connectivity index (χ3v) is 4.90. The molecule has 0 aliphatic carbocycles. The SMILES string of the molecule is CCCCC(OOP(=O)(Oc1ccccc1)Oc1ccccc1)C(C)C. The van der Waals surface area contributed by atoms with Crippen LogP contribution in [0.15, 0.2) is 60.7 Å². The molecule has 0 aliphatic rings. The second-order valence-corrected chi connectivity index (χ2v) is 7.76. The van der Waals surface area contributed by atoms with Crippen molar-refractivity contribution in [3.8, 4) is 11.5 Å². The lowest BCUT2D eigenvalue weighted by atomic mass is 10.0. The van der Waals surface area contributed by atoms with Gasteiger partial charge in [-0.05, 0) is 36.6 Å². The molecule has 0 radical (unpaired) electrons. The molecule has 0 aliphatic heterocycles. The van der Waals surface area contributed by atoms with Crippen molar-refractivity contribution in [1.29, 1.82) is 0 Å².